The number of hydrogen-bond donors (Lipinski definition) is 1. The van der Waals surface area contributed by atoms with Crippen LogP contribution in [0.2, 0.25) is 0 Å². The van der Waals surface area contributed by atoms with Crippen LogP contribution in [-0.2, 0) is 26.8 Å². The molecule has 146 valence electrons. The third-order valence-corrected chi connectivity index (χ3v) is 5.01. The van der Waals surface area contributed by atoms with Gasteiger partial charge in [-0.25, -0.2) is 0 Å². The van der Waals surface area contributed by atoms with Crippen molar-refractivity contribution in [3.05, 3.63) is 28.8 Å². The van der Waals surface area contributed by atoms with Crippen molar-refractivity contribution in [1.82, 2.24) is 4.90 Å². The lowest BCUT2D eigenvalue weighted by Crippen LogP contribution is -2.44. The number of carbonyl (C=O) groups excluding carboxylic acids is 1. The summed E-state index contributed by atoms with van der Waals surface area (Å²) in [7, 11) is 0. The zero-order valence-electron chi connectivity index (χ0n) is 17.5. The summed E-state index contributed by atoms with van der Waals surface area (Å²) in [5.41, 5.74) is 2.72. The summed E-state index contributed by atoms with van der Waals surface area (Å²) in [6, 6.07) is 4.14. The number of rotatable bonds is 3. The number of aryl methyl sites for hydroxylation is 1. The third-order valence-electron chi connectivity index (χ3n) is 5.01. The van der Waals surface area contributed by atoms with Crippen molar-refractivity contribution in [1.29, 1.82) is 0 Å². The molecule has 1 aliphatic heterocycles. The highest BCUT2D eigenvalue weighted by Gasteiger charge is 2.27. The lowest BCUT2D eigenvalue weighted by Gasteiger charge is -2.31. The molecular formula is C22H35NO3. The third kappa shape index (κ3) is 5.00. The number of nitrogens with zero attached hydrogens (tertiary/aromatic N) is 1. The number of hydrogen-bond acceptors (Lipinski definition) is 3. The monoisotopic (exact) mass is 361 g/mol. The van der Waals surface area contributed by atoms with Gasteiger partial charge in [0, 0.05) is 19.5 Å². The Balaban J connectivity index is 2.22. The number of morpholine rings is 1. The highest BCUT2D eigenvalue weighted by Crippen LogP contribution is 2.40. The fraction of sp³-hybridized carbons (Fsp3) is 0.682. The second-order valence-corrected chi connectivity index (χ2v) is 9.56. The molecule has 1 heterocycles. The number of carbonyl (C=O) groups is 1. The van der Waals surface area contributed by atoms with E-state index in [-0.39, 0.29) is 22.8 Å². The van der Waals surface area contributed by atoms with Crippen LogP contribution in [-0.4, -0.2) is 41.7 Å². The van der Waals surface area contributed by atoms with Crippen LogP contribution in [0.5, 0.6) is 5.75 Å². The van der Waals surface area contributed by atoms with Crippen molar-refractivity contribution < 1.29 is 14.6 Å². The van der Waals surface area contributed by atoms with Crippen molar-refractivity contribution in [3.8, 4) is 5.75 Å². The Kier molecular flexibility index (Phi) is 6.06. The highest BCUT2D eigenvalue weighted by atomic mass is 16.5. The van der Waals surface area contributed by atoms with E-state index < -0.39 is 0 Å². The molecule has 1 aliphatic rings. The minimum atomic E-state index is -0.149. The predicted octanol–water partition coefficient (Wildman–Crippen LogP) is 4.17. The summed E-state index contributed by atoms with van der Waals surface area (Å²) in [4.78, 5) is 14.5. The zero-order valence-corrected chi connectivity index (χ0v) is 17.5. The highest BCUT2D eigenvalue weighted by molar-refractivity contribution is 5.76. The summed E-state index contributed by atoms with van der Waals surface area (Å²) in [5, 5.41) is 10.8. The van der Waals surface area contributed by atoms with Crippen molar-refractivity contribution in [3.63, 3.8) is 0 Å². The normalized spacial score (nSPS) is 18.9. The molecule has 0 radical (unpaired) electrons. The molecule has 4 heteroatoms. The van der Waals surface area contributed by atoms with Gasteiger partial charge in [0.25, 0.3) is 0 Å². The Morgan fingerprint density at radius 2 is 1.69 bits per heavy atom. The zero-order chi connectivity index (χ0) is 19.7. The smallest absolute Gasteiger partial charge is 0.223 e. The number of phenolic OH excluding ortho intramolecular Hbond substituents is 1. The average Bonchev–Trinajstić information content (AvgIpc) is 2.51. The molecule has 0 spiro atoms. The fourth-order valence-corrected chi connectivity index (χ4v) is 3.44. The van der Waals surface area contributed by atoms with Crippen LogP contribution in [0.15, 0.2) is 12.1 Å². The molecule has 2 rings (SSSR count). The van der Waals surface area contributed by atoms with Gasteiger partial charge in [0.15, 0.2) is 0 Å². The molecule has 0 aliphatic carbocycles. The average molecular weight is 362 g/mol. The van der Waals surface area contributed by atoms with E-state index in [1.165, 1.54) is 0 Å². The second kappa shape index (κ2) is 7.59. The van der Waals surface area contributed by atoms with Crippen LogP contribution in [0.3, 0.4) is 0 Å². The molecule has 4 nitrogen and oxygen atoms in total. The topological polar surface area (TPSA) is 49.8 Å². The quantitative estimate of drug-likeness (QED) is 0.879. The first-order valence-electron chi connectivity index (χ1n) is 9.66. The molecule has 1 atom stereocenters. The van der Waals surface area contributed by atoms with E-state index in [4.69, 9.17) is 4.74 Å². The van der Waals surface area contributed by atoms with Gasteiger partial charge in [-0.2, -0.15) is 0 Å². The van der Waals surface area contributed by atoms with Crippen LogP contribution in [0.1, 0.15) is 71.6 Å². The Hall–Kier alpha value is -1.55. The number of phenols is 1. The summed E-state index contributed by atoms with van der Waals surface area (Å²) in [6.45, 7) is 16.6. The summed E-state index contributed by atoms with van der Waals surface area (Å²) in [6.07, 6.45) is 1.29. The maximum atomic E-state index is 12.6. The van der Waals surface area contributed by atoms with E-state index in [1.807, 2.05) is 11.8 Å². The van der Waals surface area contributed by atoms with E-state index in [0.29, 0.717) is 38.3 Å². The van der Waals surface area contributed by atoms with E-state index in [9.17, 15) is 9.90 Å². The van der Waals surface area contributed by atoms with Gasteiger partial charge in [0.2, 0.25) is 5.91 Å². The number of ether oxygens (including phenoxy) is 1. The van der Waals surface area contributed by atoms with Crippen LogP contribution >= 0.6 is 0 Å². The van der Waals surface area contributed by atoms with Gasteiger partial charge in [-0.3, -0.25) is 4.79 Å². The van der Waals surface area contributed by atoms with E-state index in [1.54, 1.807) is 0 Å². The Morgan fingerprint density at radius 3 is 2.15 bits per heavy atom. The maximum absolute atomic E-state index is 12.6. The van der Waals surface area contributed by atoms with Gasteiger partial charge in [-0.05, 0) is 40.9 Å². The Labute approximate surface area is 158 Å². The second-order valence-electron chi connectivity index (χ2n) is 9.56. The van der Waals surface area contributed by atoms with Gasteiger partial charge in [-0.15, -0.1) is 0 Å². The molecular weight excluding hydrogens is 326 g/mol. The van der Waals surface area contributed by atoms with Gasteiger partial charge >= 0.3 is 0 Å². The van der Waals surface area contributed by atoms with Gasteiger partial charge < -0.3 is 14.7 Å². The molecule has 0 aromatic heterocycles. The summed E-state index contributed by atoms with van der Waals surface area (Å²) in [5.74, 6) is 0.574. The molecule has 1 N–H and O–H groups in total. The van der Waals surface area contributed by atoms with E-state index >= 15 is 0 Å². The molecule has 1 unspecified atom stereocenters. The Bertz CT molecular complexity index is 617. The molecule has 0 bridgehead atoms. The molecule has 1 aromatic rings. The van der Waals surface area contributed by atoms with Crippen LogP contribution in [0.4, 0.5) is 0 Å². The van der Waals surface area contributed by atoms with Gasteiger partial charge in [0.1, 0.15) is 5.75 Å². The molecule has 0 saturated carbocycles. The van der Waals surface area contributed by atoms with Crippen molar-refractivity contribution in [2.24, 2.45) is 0 Å². The number of benzene rings is 1. The van der Waals surface area contributed by atoms with Gasteiger partial charge in [0.05, 0.1) is 12.7 Å². The summed E-state index contributed by atoms with van der Waals surface area (Å²) >= 11 is 0. The van der Waals surface area contributed by atoms with Crippen molar-refractivity contribution in [2.75, 3.05) is 19.7 Å². The lowest BCUT2D eigenvalue weighted by atomic mass is 9.78. The minimum absolute atomic E-state index is 0.112. The lowest BCUT2D eigenvalue weighted by molar-refractivity contribution is -0.138. The van der Waals surface area contributed by atoms with Crippen LogP contribution in [0.25, 0.3) is 0 Å². The predicted molar refractivity (Wildman–Crippen MR) is 106 cm³/mol. The first kappa shape index (κ1) is 20.8. The minimum Gasteiger partial charge on any atom is -0.507 e. The molecule has 1 amide bonds. The molecule has 1 fully saturated rings. The first-order valence-corrected chi connectivity index (χ1v) is 9.66. The fourth-order valence-electron chi connectivity index (χ4n) is 3.44. The molecule has 1 aromatic carbocycles. The van der Waals surface area contributed by atoms with Gasteiger partial charge in [-0.1, -0.05) is 53.7 Å². The van der Waals surface area contributed by atoms with Crippen molar-refractivity contribution >= 4 is 5.91 Å². The largest absolute Gasteiger partial charge is 0.507 e. The summed E-state index contributed by atoms with van der Waals surface area (Å²) < 4.78 is 5.52. The van der Waals surface area contributed by atoms with Crippen LogP contribution in [0, 0.1) is 0 Å². The number of aromatic hydroxyl groups is 1. The standard InChI is InChI=1S/C22H35NO3/c1-15-14-23(10-11-26-15)19(24)9-8-16-12-17(21(2,3)4)20(25)18(13-16)22(5,6)7/h12-13,15,25H,8-11,14H2,1-7H3. The number of amides is 1. The van der Waals surface area contributed by atoms with E-state index in [0.717, 1.165) is 16.7 Å². The van der Waals surface area contributed by atoms with Crippen molar-refractivity contribution in [2.45, 2.75) is 78.2 Å². The SMILES string of the molecule is CC1CN(C(=O)CCc2cc(C(C)(C)C)c(O)c(C(C)(C)C)c2)CCO1. The Morgan fingerprint density at radius 1 is 1.15 bits per heavy atom. The van der Waals surface area contributed by atoms with E-state index in [2.05, 4.69) is 53.7 Å². The maximum Gasteiger partial charge on any atom is 0.223 e. The molecule has 26 heavy (non-hydrogen) atoms. The molecule has 1 saturated heterocycles. The van der Waals surface area contributed by atoms with Crippen LogP contribution < -0.4 is 0 Å². The first-order chi connectivity index (χ1) is 11.9.